The van der Waals surface area contributed by atoms with Crippen LogP contribution in [0.4, 0.5) is 5.69 Å². The van der Waals surface area contributed by atoms with Gasteiger partial charge >= 0.3 is 5.97 Å². The van der Waals surface area contributed by atoms with Gasteiger partial charge < -0.3 is 10.1 Å². The molecule has 0 atom stereocenters. The van der Waals surface area contributed by atoms with Crippen molar-refractivity contribution < 1.29 is 9.53 Å². The Balaban J connectivity index is 3.14. The van der Waals surface area contributed by atoms with Gasteiger partial charge in [0.2, 0.25) is 0 Å². The number of rotatable bonds is 4. The van der Waals surface area contributed by atoms with Crippen molar-refractivity contribution in [3.05, 3.63) is 29.3 Å². The SMILES string of the molecule is COC(=O)C(C)(C)Nc1c(C)cccc1C(C)C. The number of hydrogen-bond acceptors (Lipinski definition) is 3. The molecule has 0 bridgehead atoms. The third kappa shape index (κ3) is 3.03. The standard InChI is InChI=1S/C15H23NO2/c1-10(2)12-9-7-8-11(3)13(12)16-15(4,5)14(17)18-6/h7-10,16H,1-6H3. The number of carbonyl (C=O) groups is 1. The minimum absolute atomic E-state index is 0.263. The predicted molar refractivity (Wildman–Crippen MR) is 75.0 cm³/mol. The van der Waals surface area contributed by atoms with Crippen LogP contribution in [0.15, 0.2) is 18.2 Å². The first-order chi connectivity index (χ1) is 8.29. The molecule has 1 N–H and O–H groups in total. The van der Waals surface area contributed by atoms with Crippen LogP contribution < -0.4 is 5.32 Å². The maximum Gasteiger partial charge on any atom is 0.330 e. The maximum absolute atomic E-state index is 11.7. The predicted octanol–water partition coefficient (Wildman–Crippen LogP) is 3.48. The highest BCUT2D eigenvalue weighted by atomic mass is 16.5. The van der Waals surface area contributed by atoms with E-state index in [9.17, 15) is 4.79 Å². The second-order valence-corrected chi connectivity index (χ2v) is 5.44. The third-order valence-electron chi connectivity index (χ3n) is 3.06. The number of benzene rings is 1. The number of anilines is 1. The van der Waals surface area contributed by atoms with E-state index < -0.39 is 5.54 Å². The highest BCUT2D eigenvalue weighted by Gasteiger charge is 2.29. The van der Waals surface area contributed by atoms with Gasteiger partial charge in [-0.25, -0.2) is 4.79 Å². The molecule has 1 aromatic rings. The van der Waals surface area contributed by atoms with E-state index in [0.717, 1.165) is 11.3 Å². The fourth-order valence-corrected chi connectivity index (χ4v) is 1.96. The lowest BCUT2D eigenvalue weighted by atomic mass is 9.95. The lowest BCUT2D eigenvalue weighted by Gasteiger charge is -2.28. The number of ether oxygens (including phenoxy) is 1. The molecular weight excluding hydrogens is 226 g/mol. The van der Waals surface area contributed by atoms with Crippen molar-refractivity contribution in [3.63, 3.8) is 0 Å². The van der Waals surface area contributed by atoms with Crippen LogP contribution in [-0.2, 0) is 9.53 Å². The van der Waals surface area contributed by atoms with Crippen LogP contribution in [-0.4, -0.2) is 18.6 Å². The Labute approximate surface area is 110 Å². The molecule has 0 fully saturated rings. The van der Waals surface area contributed by atoms with Gasteiger partial charge in [-0.1, -0.05) is 32.0 Å². The van der Waals surface area contributed by atoms with Gasteiger partial charge in [-0.15, -0.1) is 0 Å². The van der Waals surface area contributed by atoms with Crippen molar-refractivity contribution in [3.8, 4) is 0 Å². The number of aryl methyl sites for hydroxylation is 1. The van der Waals surface area contributed by atoms with Gasteiger partial charge in [-0.05, 0) is 37.8 Å². The van der Waals surface area contributed by atoms with Crippen LogP contribution >= 0.6 is 0 Å². The zero-order chi connectivity index (χ0) is 13.9. The number of methoxy groups -OCH3 is 1. The molecule has 18 heavy (non-hydrogen) atoms. The van der Waals surface area contributed by atoms with Crippen molar-refractivity contribution >= 4 is 11.7 Å². The molecule has 0 unspecified atom stereocenters. The Morgan fingerprint density at radius 1 is 1.33 bits per heavy atom. The molecule has 0 radical (unpaired) electrons. The first-order valence-electron chi connectivity index (χ1n) is 6.25. The van der Waals surface area contributed by atoms with Crippen molar-refractivity contribution in [1.82, 2.24) is 0 Å². The van der Waals surface area contributed by atoms with Crippen LogP contribution in [0.2, 0.25) is 0 Å². The van der Waals surface area contributed by atoms with Crippen LogP contribution in [0.5, 0.6) is 0 Å². The Morgan fingerprint density at radius 3 is 2.44 bits per heavy atom. The van der Waals surface area contributed by atoms with E-state index in [2.05, 4.69) is 25.2 Å². The summed E-state index contributed by atoms with van der Waals surface area (Å²) in [6.07, 6.45) is 0. The zero-order valence-electron chi connectivity index (χ0n) is 12.1. The average molecular weight is 249 g/mol. The summed E-state index contributed by atoms with van der Waals surface area (Å²) in [6.45, 7) is 9.99. The normalized spacial score (nSPS) is 11.5. The van der Waals surface area contributed by atoms with Gasteiger partial charge in [-0.3, -0.25) is 0 Å². The molecule has 0 aromatic heterocycles. The number of nitrogens with one attached hydrogen (secondary N) is 1. The van der Waals surface area contributed by atoms with Gasteiger partial charge in [0.05, 0.1) is 7.11 Å². The molecule has 0 spiro atoms. The molecule has 100 valence electrons. The Morgan fingerprint density at radius 2 is 1.94 bits per heavy atom. The van der Waals surface area contributed by atoms with E-state index in [1.165, 1.54) is 12.7 Å². The van der Waals surface area contributed by atoms with E-state index in [1.807, 2.05) is 32.9 Å². The molecule has 3 heteroatoms. The fraction of sp³-hybridized carbons (Fsp3) is 0.533. The van der Waals surface area contributed by atoms with Crippen molar-refractivity contribution in [2.24, 2.45) is 0 Å². The molecule has 0 amide bonds. The van der Waals surface area contributed by atoms with E-state index >= 15 is 0 Å². The molecule has 0 aliphatic heterocycles. The Kier molecular flexibility index (Phi) is 4.38. The van der Waals surface area contributed by atoms with Crippen LogP contribution in [0.1, 0.15) is 44.7 Å². The van der Waals surface area contributed by atoms with Crippen LogP contribution in [0, 0.1) is 6.92 Å². The Bertz CT molecular complexity index is 436. The molecule has 1 aromatic carbocycles. The van der Waals surface area contributed by atoms with Crippen LogP contribution in [0.3, 0.4) is 0 Å². The highest BCUT2D eigenvalue weighted by molar-refractivity contribution is 5.84. The summed E-state index contributed by atoms with van der Waals surface area (Å²) in [5.74, 6) is 0.140. The zero-order valence-corrected chi connectivity index (χ0v) is 12.1. The molecule has 0 saturated heterocycles. The van der Waals surface area contributed by atoms with E-state index in [0.29, 0.717) is 5.92 Å². The second kappa shape index (κ2) is 5.42. The number of para-hydroxylation sites is 1. The smallest absolute Gasteiger partial charge is 0.330 e. The van der Waals surface area contributed by atoms with E-state index in [-0.39, 0.29) is 5.97 Å². The van der Waals surface area contributed by atoms with Crippen LogP contribution in [0.25, 0.3) is 0 Å². The minimum Gasteiger partial charge on any atom is -0.467 e. The largest absolute Gasteiger partial charge is 0.467 e. The lowest BCUT2D eigenvalue weighted by Crippen LogP contribution is -2.41. The monoisotopic (exact) mass is 249 g/mol. The lowest BCUT2D eigenvalue weighted by molar-refractivity contribution is -0.144. The fourth-order valence-electron chi connectivity index (χ4n) is 1.96. The first-order valence-corrected chi connectivity index (χ1v) is 6.25. The van der Waals surface area contributed by atoms with Gasteiger partial charge in [-0.2, -0.15) is 0 Å². The summed E-state index contributed by atoms with van der Waals surface area (Å²) < 4.78 is 4.83. The molecule has 3 nitrogen and oxygen atoms in total. The summed E-state index contributed by atoms with van der Waals surface area (Å²) in [5.41, 5.74) is 2.65. The first kappa shape index (κ1) is 14.6. The topological polar surface area (TPSA) is 38.3 Å². The van der Waals surface area contributed by atoms with Crippen molar-refractivity contribution in [1.29, 1.82) is 0 Å². The quantitative estimate of drug-likeness (QED) is 0.830. The summed E-state index contributed by atoms with van der Waals surface area (Å²) >= 11 is 0. The molecule has 0 heterocycles. The highest BCUT2D eigenvalue weighted by Crippen LogP contribution is 2.30. The van der Waals surface area contributed by atoms with E-state index in [1.54, 1.807) is 0 Å². The maximum atomic E-state index is 11.7. The molecule has 0 aliphatic carbocycles. The van der Waals surface area contributed by atoms with Gasteiger partial charge in [0.25, 0.3) is 0 Å². The number of esters is 1. The third-order valence-corrected chi connectivity index (χ3v) is 3.06. The van der Waals surface area contributed by atoms with Crippen molar-refractivity contribution in [2.75, 3.05) is 12.4 Å². The number of carbonyl (C=O) groups excluding carboxylic acids is 1. The summed E-state index contributed by atoms with van der Waals surface area (Å²) in [6, 6.07) is 6.18. The number of hydrogen-bond donors (Lipinski definition) is 1. The Hall–Kier alpha value is -1.51. The van der Waals surface area contributed by atoms with Gasteiger partial charge in [0, 0.05) is 5.69 Å². The molecule has 1 rings (SSSR count). The average Bonchev–Trinajstić information content (AvgIpc) is 2.30. The van der Waals surface area contributed by atoms with Crippen molar-refractivity contribution in [2.45, 2.75) is 46.1 Å². The molecule has 0 aliphatic rings. The van der Waals surface area contributed by atoms with E-state index in [4.69, 9.17) is 4.74 Å². The summed E-state index contributed by atoms with van der Waals surface area (Å²) in [4.78, 5) is 11.7. The molecular formula is C15H23NO2. The van der Waals surface area contributed by atoms with Gasteiger partial charge in [0.1, 0.15) is 5.54 Å². The van der Waals surface area contributed by atoms with Gasteiger partial charge in [0.15, 0.2) is 0 Å². The minimum atomic E-state index is -0.732. The summed E-state index contributed by atoms with van der Waals surface area (Å²) in [7, 11) is 1.41. The second-order valence-electron chi connectivity index (χ2n) is 5.44. The summed E-state index contributed by atoms with van der Waals surface area (Å²) in [5, 5.41) is 3.31. The molecule has 0 saturated carbocycles.